The van der Waals surface area contributed by atoms with Crippen molar-refractivity contribution in [2.75, 3.05) is 26.2 Å². The maximum Gasteiger partial charge on any atom is 0.138 e. The van der Waals surface area contributed by atoms with Crippen molar-refractivity contribution in [1.29, 1.82) is 0 Å². The van der Waals surface area contributed by atoms with Crippen LogP contribution in [-0.2, 0) is 6.54 Å². The van der Waals surface area contributed by atoms with Crippen molar-refractivity contribution in [3.63, 3.8) is 0 Å². The summed E-state index contributed by atoms with van der Waals surface area (Å²) in [6.07, 6.45) is 8.65. The lowest BCUT2D eigenvalue weighted by Gasteiger charge is -2.40. The van der Waals surface area contributed by atoms with Crippen LogP contribution < -0.4 is 0 Å². The molecule has 28 heavy (non-hydrogen) atoms. The van der Waals surface area contributed by atoms with Gasteiger partial charge in [-0.15, -0.1) is 0 Å². The zero-order chi connectivity index (χ0) is 18.8. The fourth-order valence-electron chi connectivity index (χ4n) is 4.83. The molecule has 0 saturated carbocycles. The Morgan fingerprint density at radius 3 is 2.50 bits per heavy atom. The lowest BCUT2D eigenvalue weighted by molar-refractivity contribution is 0.0893. The predicted molar refractivity (Wildman–Crippen MR) is 113 cm³/mol. The van der Waals surface area contributed by atoms with Crippen LogP contribution in [0.25, 0.3) is 22.3 Å². The summed E-state index contributed by atoms with van der Waals surface area (Å²) in [4.78, 5) is 10.0. The Morgan fingerprint density at radius 2 is 1.71 bits per heavy atom. The van der Waals surface area contributed by atoms with Gasteiger partial charge in [-0.05, 0) is 50.9 Å². The minimum Gasteiger partial charge on any atom is -0.456 e. The van der Waals surface area contributed by atoms with Gasteiger partial charge in [0.2, 0.25) is 0 Å². The highest BCUT2D eigenvalue weighted by Crippen LogP contribution is 2.30. The van der Waals surface area contributed by atoms with Crippen LogP contribution in [0.3, 0.4) is 0 Å². The van der Waals surface area contributed by atoms with Gasteiger partial charge in [-0.2, -0.15) is 0 Å². The number of likely N-dealkylation sites (tertiary alicyclic amines) is 2. The second-order valence-corrected chi connectivity index (χ2v) is 8.25. The molecule has 3 aromatic rings. The summed E-state index contributed by atoms with van der Waals surface area (Å²) >= 11 is 0. The molecule has 2 saturated heterocycles. The summed E-state index contributed by atoms with van der Waals surface area (Å²) in [6, 6.07) is 15.3. The van der Waals surface area contributed by atoms with E-state index in [2.05, 4.69) is 28.0 Å². The van der Waals surface area contributed by atoms with Crippen molar-refractivity contribution in [2.24, 2.45) is 0 Å². The third-order valence-corrected chi connectivity index (χ3v) is 6.42. The molecule has 4 heterocycles. The number of pyridine rings is 1. The molecule has 0 radical (unpaired) electrons. The third-order valence-electron chi connectivity index (χ3n) is 6.42. The van der Waals surface area contributed by atoms with Gasteiger partial charge in [0.25, 0.3) is 0 Å². The minimum atomic E-state index is 0.791. The van der Waals surface area contributed by atoms with Crippen LogP contribution in [0.4, 0.5) is 0 Å². The zero-order valence-electron chi connectivity index (χ0n) is 16.5. The molecule has 2 aliphatic heterocycles. The summed E-state index contributed by atoms with van der Waals surface area (Å²) in [5, 5.41) is 1.15. The SMILES string of the molecule is c1ccc(-c2cc3c(CN4CCC(N5CCCCC5)CC4)nccc3o2)cc1. The molecule has 0 amide bonds. The van der Waals surface area contributed by atoms with Gasteiger partial charge < -0.3 is 9.32 Å². The van der Waals surface area contributed by atoms with Crippen LogP contribution in [0.5, 0.6) is 0 Å². The molecular weight excluding hydrogens is 346 g/mol. The number of hydrogen-bond acceptors (Lipinski definition) is 4. The number of piperidine rings is 2. The first-order chi connectivity index (χ1) is 13.9. The molecule has 4 heteroatoms. The largest absolute Gasteiger partial charge is 0.456 e. The Kier molecular flexibility index (Phi) is 5.15. The second-order valence-electron chi connectivity index (χ2n) is 8.25. The Hall–Kier alpha value is -2.17. The van der Waals surface area contributed by atoms with Gasteiger partial charge >= 0.3 is 0 Å². The van der Waals surface area contributed by atoms with Gasteiger partial charge in [-0.25, -0.2) is 0 Å². The van der Waals surface area contributed by atoms with E-state index in [1.54, 1.807) is 0 Å². The highest BCUT2D eigenvalue weighted by atomic mass is 16.3. The molecule has 0 aliphatic carbocycles. The first kappa shape index (κ1) is 17.9. The van der Waals surface area contributed by atoms with Crippen LogP contribution in [0, 0.1) is 0 Å². The molecule has 2 aliphatic rings. The van der Waals surface area contributed by atoms with Gasteiger partial charge in [0.1, 0.15) is 11.3 Å². The van der Waals surface area contributed by atoms with Gasteiger partial charge in [-0.1, -0.05) is 36.8 Å². The molecule has 0 N–H and O–H groups in total. The van der Waals surface area contributed by atoms with E-state index in [0.29, 0.717) is 0 Å². The molecule has 2 aromatic heterocycles. The topological polar surface area (TPSA) is 32.5 Å². The molecule has 5 rings (SSSR count). The molecule has 0 unspecified atom stereocenters. The number of hydrogen-bond donors (Lipinski definition) is 0. The molecule has 1 aromatic carbocycles. The van der Waals surface area contributed by atoms with Crippen molar-refractivity contribution >= 4 is 11.0 Å². The average molecular weight is 376 g/mol. The summed E-state index contributed by atoms with van der Waals surface area (Å²) in [7, 11) is 0. The van der Waals surface area contributed by atoms with Crippen LogP contribution >= 0.6 is 0 Å². The Balaban J connectivity index is 1.28. The average Bonchev–Trinajstić information content (AvgIpc) is 3.21. The fourth-order valence-corrected chi connectivity index (χ4v) is 4.83. The highest BCUT2D eigenvalue weighted by molar-refractivity contribution is 5.84. The van der Waals surface area contributed by atoms with Gasteiger partial charge in [0.05, 0.1) is 5.69 Å². The zero-order valence-corrected chi connectivity index (χ0v) is 16.5. The van der Waals surface area contributed by atoms with Crippen molar-refractivity contribution in [2.45, 2.75) is 44.7 Å². The summed E-state index contributed by atoms with van der Waals surface area (Å²) in [6.45, 7) is 5.87. The smallest absolute Gasteiger partial charge is 0.138 e. The van der Waals surface area contributed by atoms with E-state index in [9.17, 15) is 0 Å². The number of fused-ring (bicyclic) bond motifs is 1. The Bertz CT molecular complexity index is 906. The van der Waals surface area contributed by atoms with Crippen molar-refractivity contribution < 1.29 is 4.42 Å². The number of nitrogens with zero attached hydrogens (tertiary/aromatic N) is 3. The van der Waals surface area contributed by atoms with Crippen LogP contribution in [0.1, 0.15) is 37.8 Å². The van der Waals surface area contributed by atoms with E-state index in [4.69, 9.17) is 9.40 Å². The quantitative estimate of drug-likeness (QED) is 0.646. The van der Waals surface area contributed by atoms with E-state index < -0.39 is 0 Å². The number of benzene rings is 1. The van der Waals surface area contributed by atoms with Crippen molar-refractivity contribution in [1.82, 2.24) is 14.8 Å². The maximum absolute atomic E-state index is 6.12. The van der Waals surface area contributed by atoms with E-state index >= 15 is 0 Å². The molecule has 2 fully saturated rings. The minimum absolute atomic E-state index is 0.791. The molecular formula is C24H29N3O. The Labute approximate surface area is 167 Å². The van der Waals surface area contributed by atoms with Gasteiger partial charge in [0.15, 0.2) is 0 Å². The summed E-state index contributed by atoms with van der Waals surface area (Å²) in [5.41, 5.74) is 3.19. The molecule has 146 valence electrons. The number of furan rings is 1. The normalized spacial score (nSPS) is 20.0. The molecule has 4 nitrogen and oxygen atoms in total. The van der Waals surface area contributed by atoms with Crippen molar-refractivity contribution in [3.8, 4) is 11.3 Å². The summed E-state index contributed by atoms with van der Waals surface area (Å²) in [5.74, 6) is 0.925. The number of rotatable bonds is 4. The van der Waals surface area contributed by atoms with E-state index in [0.717, 1.165) is 40.6 Å². The van der Waals surface area contributed by atoms with Crippen LogP contribution in [-0.4, -0.2) is 47.0 Å². The molecule has 0 atom stereocenters. The lowest BCUT2D eigenvalue weighted by atomic mass is 9.99. The maximum atomic E-state index is 6.12. The standard InChI is InChI=1S/C24H29N3O/c1-3-7-19(8-4-1)24-17-21-22(25-12-9-23(21)28-24)18-26-15-10-20(11-16-26)27-13-5-2-6-14-27/h1,3-4,7-9,12,17,20H,2,5-6,10-11,13-16,18H2. The lowest BCUT2D eigenvalue weighted by Crippen LogP contribution is -2.46. The fraction of sp³-hybridized carbons (Fsp3) is 0.458. The predicted octanol–water partition coefficient (Wildman–Crippen LogP) is 4.95. The monoisotopic (exact) mass is 375 g/mol. The third kappa shape index (κ3) is 3.71. The number of aromatic nitrogens is 1. The Morgan fingerprint density at radius 1 is 0.929 bits per heavy atom. The van der Waals surface area contributed by atoms with Gasteiger partial charge in [-0.3, -0.25) is 9.88 Å². The van der Waals surface area contributed by atoms with E-state index in [1.807, 2.05) is 30.5 Å². The first-order valence-electron chi connectivity index (χ1n) is 10.8. The van der Waals surface area contributed by atoms with E-state index in [1.165, 1.54) is 58.3 Å². The first-order valence-corrected chi connectivity index (χ1v) is 10.8. The molecule has 0 spiro atoms. The van der Waals surface area contributed by atoms with Crippen LogP contribution in [0.2, 0.25) is 0 Å². The van der Waals surface area contributed by atoms with E-state index in [-0.39, 0.29) is 0 Å². The highest BCUT2D eigenvalue weighted by Gasteiger charge is 2.26. The second kappa shape index (κ2) is 8.06. The van der Waals surface area contributed by atoms with Crippen LogP contribution in [0.15, 0.2) is 53.1 Å². The summed E-state index contributed by atoms with van der Waals surface area (Å²) < 4.78 is 6.12. The molecule has 0 bridgehead atoms. The van der Waals surface area contributed by atoms with Crippen molar-refractivity contribution in [3.05, 3.63) is 54.4 Å². The van der Waals surface area contributed by atoms with Gasteiger partial charge in [0, 0.05) is 42.8 Å².